The molecule has 0 unspecified atom stereocenters. The van der Waals surface area contributed by atoms with E-state index in [0.717, 1.165) is 22.8 Å². The van der Waals surface area contributed by atoms with Crippen LogP contribution in [0, 0.1) is 0 Å². The summed E-state index contributed by atoms with van der Waals surface area (Å²) in [6.07, 6.45) is 1.05. The third-order valence-corrected chi connectivity index (χ3v) is 2.62. The fourth-order valence-corrected chi connectivity index (χ4v) is 1.81. The maximum absolute atomic E-state index is 8.98. The summed E-state index contributed by atoms with van der Waals surface area (Å²) in [7, 11) is 0. The first-order valence-electron chi connectivity index (χ1n) is 5.70. The highest BCUT2D eigenvalue weighted by Gasteiger charge is 2.10. The van der Waals surface area contributed by atoms with Crippen LogP contribution in [0.5, 0.6) is 0 Å². The minimum absolute atomic E-state index is 0.0670. The lowest BCUT2D eigenvalue weighted by Gasteiger charge is -1.96. The molecule has 0 radical (unpaired) electrons. The molecule has 4 heteroatoms. The summed E-state index contributed by atoms with van der Waals surface area (Å²) in [5.41, 5.74) is 2.75. The first-order valence-corrected chi connectivity index (χ1v) is 5.70. The molecule has 0 bridgehead atoms. The molecule has 1 aromatic heterocycles. The number of hydrogen-bond acceptors (Lipinski definition) is 3. The van der Waals surface area contributed by atoms with Gasteiger partial charge in [0.15, 0.2) is 0 Å². The Balaban J connectivity index is 2.33. The minimum Gasteiger partial charge on any atom is -0.396 e. The largest absolute Gasteiger partial charge is 0.396 e. The number of aromatic nitrogens is 2. The van der Waals surface area contributed by atoms with Crippen LogP contribution < -0.4 is 0 Å². The van der Waals surface area contributed by atoms with E-state index >= 15 is 0 Å². The normalized spacial score (nSPS) is 10.7. The van der Waals surface area contributed by atoms with Crippen molar-refractivity contribution < 1.29 is 10.2 Å². The van der Waals surface area contributed by atoms with Crippen LogP contribution in [0.15, 0.2) is 30.3 Å². The first-order chi connectivity index (χ1) is 8.35. The Bertz CT molecular complexity index is 442. The number of aliphatic hydroxyl groups excluding tert-OH is 2. The maximum Gasteiger partial charge on any atom is 0.137 e. The van der Waals surface area contributed by atoms with E-state index < -0.39 is 0 Å². The molecule has 0 fully saturated rings. The smallest absolute Gasteiger partial charge is 0.137 e. The Kier molecular flexibility index (Phi) is 3.90. The van der Waals surface area contributed by atoms with E-state index in [2.05, 4.69) is 9.97 Å². The lowest BCUT2D eigenvalue weighted by atomic mass is 10.2. The fraction of sp³-hybridized carbons (Fsp3) is 0.308. The van der Waals surface area contributed by atoms with Crippen molar-refractivity contribution in [2.75, 3.05) is 13.2 Å². The molecule has 3 N–H and O–H groups in total. The van der Waals surface area contributed by atoms with Gasteiger partial charge < -0.3 is 15.2 Å². The van der Waals surface area contributed by atoms with Gasteiger partial charge in [0.25, 0.3) is 0 Å². The number of hydrogen-bond donors (Lipinski definition) is 3. The molecule has 0 saturated carbocycles. The van der Waals surface area contributed by atoms with Gasteiger partial charge >= 0.3 is 0 Å². The first kappa shape index (κ1) is 11.8. The Morgan fingerprint density at radius 2 is 1.71 bits per heavy atom. The molecule has 0 saturated heterocycles. The zero-order valence-electron chi connectivity index (χ0n) is 9.56. The molecule has 90 valence electrons. The molecule has 0 aliphatic rings. The van der Waals surface area contributed by atoms with Gasteiger partial charge in [-0.3, -0.25) is 0 Å². The standard InChI is InChI=1S/C13H16N2O2/c16-8-6-11-12(7-9-17)15-13(14-11)10-4-2-1-3-5-10/h1-5,16-17H,6-9H2,(H,14,15). The predicted molar refractivity (Wildman–Crippen MR) is 65.6 cm³/mol. The summed E-state index contributed by atoms with van der Waals surface area (Å²) in [4.78, 5) is 7.66. The highest BCUT2D eigenvalue weighted by molar-refractivity contribution is 5.55. The molecule has 1 heterocycles. The van der Waals surface area contributed by atoms with Crippen LogP contribution in [0.3, 0.4) is 0 Å². The van der Waals surface area contributed by atoms with Gasteiger partial charge in [-0.05, 0) is 0 Å². The van der Waals surface area contributed by atoms with Crippen molar-refractivity contribution >= 4 is 0 Å². The number of nitrogens with one attached hydrogen (secondary N) is 1. The molecular formula is C13H16N2O2. The summed E-state index contributed by atoms with van der Waals surface area (Å²) in [6, 6.07) is 9.81. The van der Waals surface area contributed by atoms with Crippen LogP contribution in [0.2, 0.25) is 0 Å². The fourth-order valence-electron chi connectivity index (χ4n) is 1.81. The van der Waals surface area contributed by atoms with Crippen LogP contribution >= 0.6 is 0 Å². The number of H-pyrrole nitrogens is 1. The van der Waals surface area contributed by atoms with Gasteiger partial charge in [0.2, 0.25) is 0 Å². The van der Waals surface area contributed by atoms with Crippen molar-refractivity contribution in [2.45, 2.75) is 12.8 Å². The molecule has 17 heavy (non-hydrogen) atoms. The van der Waals surface area contributed by atoms with Gasteiger partial charge in [-0.15, -0.1) is 0 Å². The molecule has 0 aliphatic carbocycles. The van der Waals surface area contributed by atoms with Crippen LogP contribution in [-0.2, 0) is 12.8 Å². The molecule has 0 atom stereocenters. The van der Waals surface area contributed by atoms with Crippen molar-refractivity contribution in [1.29, 1.82) is 0 Å². The van der Waals surface area contributed by atoms with E-state index in [1.807, 2.05) is 30.3 Å². The molecule has 0 aliphatic heterocycles. The average molecular weight is 232 g/mol. The Morgan fingerprint density at radius 1 is 1.00 bits per heavy atom. The monoisotopic (exact) mass is 232 g/mol. The van der Waals surface area contributed by atoms with E-state index in [0.29, 0.717) is 12.8 Å². The predicted octanol–water partition coefficient (Wildman–Crippen LogP) is 1.15. The second-order valence-corrected chi connectivity index (χ2v) is 3.82. The Morgan fingerprint density at radius 3 is 2.35 bits per heavy atom. The van der Waals surface area contributed by atoms with Crippen molar-refractivity contribution in [3.05, 3.63) is 41.7 Å². The highest BCUT2D eigenvalue weighted by Crippen LogP contribution is 2.18. The Hall–Kier alpha value is -1.65. The zero-order valence-corrected chi connectivity index (χ0v) is 9.56. The molecule has 0 amide bonds. The molecule has 0 spiro atoms. The summed E-state index contributed by atoms with van der Waals surface area (Å²) >= 11 is 0. The molecule has 4 nitrogen and oxygen atoms in total. The Labute approximate surface area is 100.0 Å². The lowest BCUT2D eigenvalue weighted by molar-refractivity contribution is 0.291. The third-order valence-electron chi connectivity index (χ3n) is 2.62. The minimum atomic E-state index is 0.0670. The van der Waals surface area contributed by atoms with Gasteiger partial charge in [-0.1, -0.05) is 30.3 Å². The van der Waals surface area contributed by atoms with Gasteiger partial charge in [0, 0.05) is 37.3 Å². The van der Waals surface area contributed by atoms with Crippen molar-refractivity contribution in [1.82, 2.24) is 9.97 Å². The van der Waals surface area contributed by atoms with E-state index in [1.54, 1.807) is 0 Å². The zero-order chi connectivity index (χ0) is 12.1. The van der Waals surface area contributed by atoms with Crippen molar-refractivity contribution in [3.8, 4) is 11.4 Å². The summed E-state index contributed by atoms with van der Waals surface area (Å²) in [5, 5.41) is 18.0. The molecule has 2 aromatic rings. The van der Waals surface area contributed by atoms with Gasteiger partial charge in [-0.2, -0.15) is 0 Å². The average Bonchev–Trinajstić information content (AvgIpc) is 2.75. The van der Waals surface area contributed by atoms with Crippen LogP contribution in [0.1, 0.15) is 11.4 Å². The van der Waals surface area contributed by atoms with Crippen LogP contribution in [-0.4, -0.2) is 33.4 Å². The number of nitrogens with zero attached hydrogens (tertiary/aromatic N) is 1. The van der Waals surface area contributed by atoms with Gasteiger partial charge in [-0.25, -0.2) is 4.98 Å². The summed E-state index contributed by atoms with van der Waals surface area (Å²) < 4.78 is 0. The topological polar surface area (TPSA) is 69.1 Å². The SMILES string of the molecule is OCCc1nc(-c2ccccc2)[nH]c1CCO. The van der Waals surface area contributed by atoms with Crippen molar-refractivity contribution in [3.63, 3.8) is 0 Å². The highest BCUT2D eigenvalue weighted by atomic mass is 16.3. The number of benzene rings is 1. The number of imidazole rings is 1. The van der Waals surface area contributed by atoms with E-state index in [1.165, 1.54) is 0 Å². The van der Waals surface area contributed by atoms with E-state index in [9.17, 15) is 0 Å². The second-order valence-electron chi connectivity index (χ2n) is 3.82. The second kappa shape index (κ2) is 5.61. The van der Waals surface area contributed by atoms with E-state index in [-0.39, 0.29) is 13.2 Å². The summed E-state index contributed by atoms with van der Waals surface area (Å²) in [6.45, 7) is 0.145. The molecule has 1 aromatic carbocycles. The molecule has 2 rings (SSSR count). The van der Waals surface area contributed by atoms with Crippen LogP contribution in [0.25, 0.3) is 11.4 Å². The summed E-state index contributed by atoms with van der Waals surface area (Å²) in [5.74, 6) is 0.789. The number of rotatable bonds is 5. The lowest BCUT2D eigenvalue weighted by Crippen LogP contribution is -1.99. The molecular weight excluding hydrogens is 216 g/mol. The van der Waals surface area contributed by atoms with Gasteiger partial charge in [0.1, 0.15) is 5.82 Å². The number of aliphatic hydroxyl groups is 2. The van der Waals surface area contributed by atoms with E-state index in [4.69, 9.17) is 10.2 Å². The maximum atomic E-state index is 8.98. The van der Waals surface area contributed by atoms with Gasteiger partial charge in [0.05, 0.1) is 5.69 Å². The quantitative estimate of drug-likeness (QED) is 0.724. The van der Waals surface area contributed by atoms with Crippen LogP contribution in [0.4, 0.5) is 0 Å². The third kappa shape index (κ3) is 2.72. The van der Waals surface area contributed by atoms with Crippen molar-refractivity contribution in [2.24, 2.45) is 0 Å². The number of aromatic amines is 1.